The minimum Gasteiger partial charge on any atom is -0.462 e. The summed E-state index contributed by atoms with van der Waals surface area (Å²) in [4.78, 5) is 15.7. The summed E-state index contributed by atoms with van der Waals surface area (Å²) in [5.41, 5.74) is 1.26. The maximum Gasteiger partial charge on any atom is 0.573 e. The summed E-state index contributed by atoms with van der Waals surface area (Å²) in [5.74, 6) is -0.968. The van der Waals surface area contributed by atoms with Crippen molar-refractivity contribution in [1.29, 1.82) is 0 Å². The number of benzene rings is 1. The smallest absolute Gasteiger partial charge is 0.462 e. The van der Waals surface area contributed by atoms with Gasteiger partial charge in [-0.2, -0.15) is 0 Å². The number of esters is 1. The van der Waals surface area contributed by atoms with E-state index in [9.17, 15) is 18.0 Å². The average Bonchev–Trinajstić information content (AvgIpc) is 2.51. The van der Waals surface area contributed by atoms with Gasteiger partial charge in [0.2, 0.25) is 0 Å². The average molecular weight is 325 g/mol. The molecule has 122 valence electrons. The number of aromatic nitrogens is 1. The molecule has 0 radical (unpaired) electrons. The lowest BCUT2D eigenvalue weighted by Crippen LogP contribution is -2.17. The van der Waals surface area contributed by atoms with Crippen LogP contribution in [0.5, 0.6) is 5.75 Å². The van der Waals surface area contributed by atoms with Crippen LogP contribution in [0.25, 0.3) is 0 Å². The van der Waals surface area contributed by atoms with Gasteiger partial charge in [0, 0.05) is 12.4 Å². The van der Waals surface area contributed by atoms with Crippen LogP contribution < -0.4 is 4.74 Å². The van der Waals surface area contributed by atoms with E-state index in [0.717, 1.165) is 24.1 Å². The van der Waals surface area contributed by atoms with E-state index in [1.807, 2.05) is 12.1 Å². The summed E-state index contributed by atoms with van der Waals surface area (Å²) >= 11 is 0. The summed E-state index contributed by atoms with van der Waals surface area (Å²) in [6.07, 6.45) is 0.00595. The fraction of sp³-hybridized carbons (Fsp3) is 0.250. The van der Waals surface area contributed by atoms with Crippen LogP contribution in [-0.4, -0.2) is 23.9 Å². The Morgan fingerprint density at radius 3 is 2.30 bits per heavy atom. The maximum atomic E-state index is 12.0. The van der Waals surface area contributed by atoms with Crippen LogP contribution in [0.15, 0.2) is 48.8 Å². The third kappa shape index (κ3) is 5.98. The van der Waals surface area contributed by atoms with Crippen LogP contribution in [0.1, 0.15) is 22.3 Å². The Morgan fingerprint density at radius 2 is 1.70 bits per heavy atom. The molecule has 0 atom stereocenters. The van der Waals surface area contributed by atoms with E-state index in [2.05, 4.69) is 9.72 Å². The van der Waals surface area contributed by atoms with Crippen LogP contribution in [0.2, 0.25) is 0 Å². The Hall–Kier alpha value is -2.57. The van der Waals surface area contributed by atoms with E-state index in [0.29, 0.717) is 6.42 Å². The Kier molecular flexibility index (Phi) is 5.56. The van der Waals surface area contributed by atoms with Crippen LogP contribution in [-0.2, 0) is 11.2 Å². The third-order valence-electron chi connectivity index (χ3n) is 2.92. The van der Waals surface area contributed by atoms with Crippen molar-refractivity contribution in [3.8, 4) is 5.75 Å². The summed E-state index contributed by atoms with van der Waals surface area (Å²) in [6.45, 7) is 0.224. The van der Waals surface area contributed by atoms with E-state index in [1.165, 1.54) is 12.1 Å². The maximum absolute atomic E-state index is 12.0. The van der Waals surface area contributed by atoms with Crippen molar-refractivity contribution in [1.82, 2.24) is 4.98 Å². The van der Waals surface area contributed by atoms with E-state index in [4.69, 9.17) is 4.74 Å². The van der Waals surface area contributed by atoms with Gasteiger partial charge in [0.1, 0.15) is 5.75 Å². The molecule has 0 N–H and O–H groups in total. The molecule has 4 nitrogen and oxygen atoms in total. The van der Waals surface area contributed by atoms with Gasteiger partial charge >= 0.3 is 12.3 Å². The molecule has 0 fully saturated rings. The van der Waals surface area contributed by atoms with E-state index < -0.39 is 12.3 Å². The number of hydrogen-bond acceptors (Lipinski definition) is 4. The molecule has 0 spiro atoms. The lowest BCUT2D eigenvalue weighted by Gasteiger charge is -2.09. The molecule has 0 bridgehead atoms. The zero-order valence-corrected chi connectivity index (χ0v) is 12.0. The molecule has 2 aromatic rings. The zero-order chi connectivity index (χ0) is 16.7. The third-order valence-corrected chi connectivity index (χ3v) is 2.92. The highest BCUT2D eigenvalue weighted by Crippen LogP contribution is 2.22. The Labute approximate surface area is 130 Å². The van der Waals surface area contributed by atoms with Gasteiger partial charge in [-0.25, -0.2) is 4.79 Å². The van der Waals surface area contributed by atoms with Gasteiger partial charge in [0.25, 0.3) is 0 Å². The first-order valence-electron chi connectivity index (χ1n) is 6.86. The van der Waals surface area contributed by atoms with Crippen molar-refractivity contribution >= 4 is 5.97 Å². The molecule has 23 heavy (non-hydrogen) atoms. The second-order valence-electron chi connectivity index (χ2n) is 4.67. The molecule has 0 saturated heterocycles. The number of carbonyl (C=O) groups is 1. The minimum atomic E-state index is -4.75. The standard InChI is InChI=1S/C16H14F3NO3/c17-16(18,19)23-14-5-3-13(4-6-14)15(21)22-11-1-2-12-7-9-20-10-8-12/h3-10H,1-2,11H2. The van der Waals surface area contributed by atoms with Gasteiger partial charge in [-0.15, -0.1) is 13.2 Å². The van der Waals surface area contributed by atoms with Gasteiger partial charge in [0.05, 0.1) is 12.2 Å². The highest BCUT2D eigenvalue weighted by Gasteiger charge is 2.31. The van der Waals surface area contributed by atoms with Gasteiger partial charge in [-0.3, -0.25) is 4.98 Å². The highest BCUT2D eigenvalue weighted by atomic mass is 19.4. The second-order valence-corrected chi connectivity index (χ2v) is 4.67. The number of aryl methyl sites for hydroxylation is 1. The summed E-state index contributed by atoms with van der Waals surface area (Å²) in [5, 5.41) is 0. The molecular weight excluding hydrogens is 311 g/mol. The topological polar surface area (TPSA) is 48.4 Å². The van der Waals surface area contributed by atoms with Crippen LogP contribution in [0.4, 0.5) is 13.2 Å². The highest BCUT2D eigenvalue weighted by molar-refractivity contribution is 5.89. The number of pyridine rings is 1. The summed E-state index contributed by atoms with van der Waals surface area (Å²) < 4.78 is 44.9. The molecule has 0 aliphatic rings. The quantitative estimate of drug-likeness (QED) is 0.599. The van der Waals surface area contributed by atoms with Crippen LogP contribution in [0.3, 0.4) is 0 Å². The van der Waals surface area contributed by atoms with Crippen LogP contribution in [0, 0.1) is 0 Å². The van der Waals surface area contributed by atoms with Crippen molar-refractivity contribution in [3.63, 3.8) is 0 Å². The Bertz CT molecular complexity index is 627. The number of halogens is 3. The molecule has 1 heterocycles. The fourth-order valence-electron chi connectivity index (χ4n) is 1.87. The molecule has 0 saturated carbocycles. The van der Waals surface area contributed by atoms with Crippen molar-refractivity contribution < 1.29 is 27.4 Å². The molecular formula is C16H14F3NO3. The SMILES string of the molecule is O=C(OCCCc1ccncc1)c1ccc(OC(F)(F)F)cc1. The second kappa shape index (κ2) is 7.62. The number of nitrogens with zero attached hydrogens (tertiary/aromatic N) is 1. The van der Waals surface area contributed by atoms with E-state index in [1.54, 1.807) is 12.4 Å². The first kappa shape index (κ1) is 16.8. The minimum absolute atomic E-state index is 0.170. The largest absolute Gasteiger partial charge is 0.573 e. The molecule has 1 aromatic carbocycles. The monoisotopic (exact) mass is 325 g/mol. The van der Waals surface area contributed by atoms with Crippen LogP contribution >= 0.6 is 0 Å². The molecule has 1 aromatic heterocycles. The fourth-order valence-corrected chi connectivity index (χ4v) is 1.87. The number of alkyl halides is 3. The number of rotatable bonds is 6. The van der Waals surface area contributed by atoms with Gasteiger partial charge in [-0.05, 0) is 54.8 Å². The summed E-state index contributed by atoms with van der Waals surface area (Å²) in [6, 6.07) is 8.35. The normalized spacial score (nSPS) is 11.1. The number of ether oxygens (including phenoxy) is 2. The number of hydrogen-bond donors (Lipinski definition) is 0. The van der Waals surface area contributed by atoms with Crippen molar-refractivity contribution in [2.75, 3.05) is 6.61 Å². The molecule has 2 rings (SSSR count). The molecule has 0 unspecified atom stereocenters. The van der Waals surface area contributed by atoms with Crippen molar-refractivity contribution in [3.05, 3.63) is 59.9 Å². The predicted octanol–water partition coefficient (Wildman–Crippen LogP) is 3.77. The summed E-state index contributed by atoms with van der Waals surface area (Å²) in [7, 11) is 0. The molecule has 7 heteroatoms. The lowest BCUT2D eigenvalue weighted by molar-refractivity contribution is -0.274. The van der Waals surface area contributed by atoms with Crippen molar-refractivity contribution in [2.24, 2.45) is 0 Å². The van der Waals surface area contributed by atoms with Gasteiger partial charge in [0.15, 0.2) is 0 Å². The van der Waals surface area contributed by atoms with Gasteiger partial charge < -0.3 is 9.47 Å². The first-order chi connectivity index (χ1) is 10.9. The van der Waals surface area contributed by atoms with Crippen molar-refractivity contribution in [2.45, 2.75) is 19.2 Å². The van der Waals surface area contributed by atoms with Gasteiger partial charge in [-0.1, -0.05) is 0 Å². The molecule has 0 amide bonds. The Morgan fingerprint density at radius 1 is 1.04 bits per heavy atom. The predicted molar refractivity (Wildman–Crippen MR) is 76.0 cm³/mol. The van der Waals surface area contributed by atoms with E-state index in [-0.39, 0.29) is 17.9 Å². The molecule has 0 aliphatic carbocycles. The lowest BCUT2D eigenvalue weighted by atomic mass is 10.1. The number of carbonyl (C=O) groups excluding carboxylic acids is 1. The molecule has 0 aliphatic heterocycles. The first-order valence-corrected chi connectivity index (χ1v) is 6.86. The van der Waals surface area contributed by atoms with E-state index >= 15 is 0 Å². The Balaban J connectivity index is 1.77. The zero-order valence-electron chi connectivity index (χ0n) is 12.0.